The third-order valence-electron chi connectivity index (χ3n) is 6.60. The smallest absolute Gasteiger partial charge is 0.267 e. The van der Waals surface area contributed by atoms with Crippen molar-refractivity contribution in [1.29, 1.82) is 0 Å². The molecular formula is C27H60NO4P. The highest BCUT2D eigenvalue weighted by Gasteiger charge is 2.20. The minimum absolute atomic E-state index is 1.04. The van der Waals surface area contributed by atoms with Gasteiger partial charge in [0.25, 0.3) is 7.82 Å². The first-order valence-corrected chi connectivity index (χ1v) is 15.5. The number of quaternary nitrogens is 1. The van der Waals surface area contributed by atoms with Crippen LogP contribution in [0.4, 0.5) is 0 Å². The number of nitrogens with zero attached hydrogens (tertiary/aromatic N) is 1. The Morgan fingerprint density at radius 3 is 1.00 bits per heavy atom. The SMILES string of the molecule is CCCCCCCC[N+](C)(CCCCCCCC)CCCCCCCC.COP(=O)([O-])OC. The molecule has 0 N–H and O–H groups in total. The third-order valence-corrected chi connectivity index (χ3v) is 7.50. The Hall–Kier alpha value is 0.0700. The van der Waals surface area contributed by atoms with E-state index in [-0.39, 0.29) is 0 Å². The molecule has 0 rings (SSSR count). The van der Waals surface area contributed by atoms with Gasteiger partial charge in [0, 0.05) is 14.2 Å². The number of hydrogen-bond donors (Lipinski definition) is 0. The van der Waals surface area contributed by atoms with Crippen LogP contribution in [0.25, 0.3) is 0 Å². The fourth-order valence-electron chi connectivity index (χ4n) is 4.23. The van der Waals surface area contributed by atoms with Crippen LogP contribution in [-0.2, 0) is 13.6 Å². The molecule has 0 heterocycles. The number of rotatable bonds is 23. The molecule has 0 aromatic heterocycles. The van der Waals surface area contributed by atoms with Gasteiger partial charge in [-0.05, 0) is 38.5 Å². The Morgan fingerprint density at radius 1 is 0.545 bits per heavy atom. The van der Waals surface area contributed by atoms with E-state index in [9.17, 15) is 9.46 Å². The molecule has 0 saturated carbocycles. The van der Waals surface area contributed by atoms with Gasteiger partial charge in [0.1, 0.15) is 0 Å². The summed E-state index contributed by atoms with van der Waals surface area (Å²) in [6, 6.07) is 0. The molecule has 0 aliphatic carbocycles. The van der Waals surface area contributed by atoms with Crippen molar-refractivity contribution in [3.05, 3.63) is 0 Å². The highest BCUT2D eigenvalue weighted by Crippen LogP contribution is 2.34. The minimum atomic E-state index is -3.90. The predicted octanol–water partition coefficient (Wildman–Crippen LogP) is 8.26. The van der Waals surface area contributed by atoms with E-state index < -0.39 is 7.82 Å². The van der Waals surface area contributed by atoms with E-state index in [1.54, 1.807) is 0 Å². The van der Waals surface area contributed by atoms with Gasteiger partial charge in [-0.15, -0.1) is 0 Å². The maximum atomic E-state index is 9.95. The molecule has 33 heavy (non-hydrogen) atoms. The van der Waals surface area contributed by atoms with Crippen LogP contribution < -0.4 is 4.89 Å². The van der Waals surface area contributed by atoms with Gasteiger partial charge in [0.15, 0.2) is 0 Å². The lowest BCUT2D eigenvalue weighted by molar-refractivity contribution is -0.910. The molecule has 0 radical (unpaired) electrons. The summed E-state index contributed by atoms with van der Waals surface area (Å²) in [6.07, 6.45) is 25.9. The van der Waals surface area contributed by atoms with Gasteiger partial charge in [0.2, 0.25) is 0 Å². The molecule has 0 atom stereocenters. The molecule has 0 spiro atoms. The Morgan fingerprint density at radius 2 is 0.788 bits per heavy atom. The van der Waals surface area contributed by atoms with Gasteiger partial charge in [-0.25, -0.2) is 0 Å². The molecule has 0 amide bonds. The lowest BCUT2D eigenvalue weighted by Crippen LogP contribution is -2.46. The zero-order valence-corrected chi connectivity index (χ0v) is 24.3. The first kappa shape index (κ1) is 35.2. The number of hydrogen-bond acceptors (Lipinski definition) is 4. The second-order valence-corrected chi connectivity index (χ2v) is 11.5. The summed E-state index contributed by atoms with van der Waals surface area (Å²) >= 11 is 0. The lowest BCUT2D eigenvalue weighted by Gasteiger charge is -2.35. The summed E-state index contributed by atoms with van der Waals surface area (Å²) in [5, 5.41) is 0. The molecule has 0 saturated heterocycles. The van der Waals surface area contributed by atoms with Crippen LogP contribution >= 0.6 is 7.82 Å². The summed E-state index contributed by atoms with van der Waals surface area (Å²) in [5.74, 6) is 0. The molecule has 5 nitrogen and oxygen atoms in total. The predicted molar refractivity (Wildman–Crippen MR) is 143 cm³/mol. The molecule has 0 aliphatic rings. The third kappa shape index (κ3) is 26.5. The first-order valence-electron chi connectivity index (χ1n) is 14.1. The largest absolute Gasteiger partial charge is 0.756 e. The van der Waals surface area contributed by atoms with E-state index in [1.807, 2.05) is 0 Å². The van der Waals surface area contributed by atoms with E-state index in [2.05, 4.69) is 36.9 Å². The molecule has 202 valence electrons. The highest BCUT2D eigenvalue weighted by molar-refractivity contribution is 7.45. The van der Waals surface area contributed by atoms with Gasteiger partial charge >= 0.3 is 0 Å². The van der Waals surface area contributed by atoms with Crippen LogP contribution in [0.2, 0.25) is 0 Å². The van der Waals surface area contributed by atoms with Crippen LogP contribution in [0.3, 0.4) is 0 Å². The molecule has 0 fully saturated rings. The van der Waals surface area contributed by atoms with Crippen molar-refractivity contribution in [3.8, 4) is 0 Å². The summed E-state index contributed by atoms with van der Waals surface area (Å²) < 4.78 is 19.0. The lowest BCUT2D eigenvalue weighted by atomic mass is 10.1. The van der Waals surface area contributed by atoms with Crippen molar-refractivity contribution in [2.75, 3.05) is 40.9 Å². The van der Waals surface area contributed by atoms with Gasteiger partial charge < -0.3 is 18.4 Å². The molecular weight excluding hydrogens is 433 g/mol. The monoisotopic (exact) mass is 493 g/mol. The van der Waals surface area contributed by atoms with Crippen molar-refractivity contribution in [1.82, 2.24) is 0 Å². The fraction of sp³-hybridized carbons (Fsp3) is 1.00. The Labute approximate surface area is 208 Å². The van der Waals surface area contributed by atoms with Crippen LogP contribution in [0.1, 0.15) is 136 Å². The normalized spacial score (nSPS) is 12.0. The maximum Gasteiger partial charge on any atom is 0.267 e. The minimum Gasteiger partial charge on any atom is -0.756 e. The maximum absolute atomic E-state index is 9.95. The molecule has 6 heteroatoms. The van der Waals surface area contributed by atoms with Crippen molar-refractivity contribution < 1.29 is 23.0 Å². The van der Waals surface area contributed by atoms with E-state index in [1.165, 1.54) is 140 Å². The molecule has 0 unspecified atom stereocenters. The average Bonchev–Trinajstić information content (AvgIpc) is 2.81. The van der Waals surface area contributed by atoms with Crippen LogP contribution in [0.15, 0.2) is 0 Å². The van der Waals surface area contributed by atoms with Crippen molar-refractivity contribution >= 4 is 7.82 Å². The summed E-state index contributed by atoms with van der Waals surface area (Å²) in [5.41, 5.74) is 0. The number of phosphoric acid groups is 1. The second kappa shape index (κ2) is 25.2. The molecule has 0 aromatic rings. The van der Waals surface area contributed by atoms with Crippen molar-refractivity contribution in [2.45, 2.75) is 136 Å². The van der Waals surface area contributed by atoms with E-state index in [0.717, 1.165) is 14.2 Å². The number of phosphoric ester groups is 1. The fourth-order valence-corrected chi connectivity index (χ4v) is 4.38. The molecule has 0 aromatic carbocycles. The molecule has 0 bridgehead atoms. The topological polar surface area (TPSA) is 58.6 Å². The zero-order chi connectivity index (χ0) is 25.3. The Kier molecular flexibility index (Phi) is 26.9. The first-order chi connectivity index (χ1) is 15.8. The second-order valence-electron chi connectivity index (χ2n) is 9.91. The summed E-state index contributed by atoms with van der Waals surface area (Å²) in [6.45, 7) is 11.2. The van der Waals surface area contributed by atoms with Gasteiger partial charge in [-0.3, -0.25) is 4.57 Å². The van der Waals surface area contributed by atoms with Gasteiger partial charge in [-0.1, -0.05) is 97.8 Å². The van der Waals surface area contributed by atoms with Crippen LogP contribution in [0.5, 0.6) is 0 Å². The summed E-state index contributed by atoms with van der Waals surface area (Å²) in [7, 11) is 0.733. The van der Waals surface area contributed by atoms with Crippen LogP contribution in [-0.4, -0.2) is 45.4 Å². The van der Waals surface area contributed by atoms with Crippen molar-refractivity contribution in [2.24, 2.45) is 0 Å². The average molecular weight is 494 g/mol. The molecule has 0 aliphatic heterocycles. The van der Waals surface area contributed by atoms with E-state index in [4.69, 9.17) is 0 Å². The van der Waals surface area contributed by atoms with Gasteiger partial charge in [0.05, 0.1) is 26.7 Å². The summed E-state index contributed by atoms with van der Waals surface area (Å²) in [4.78, 5) is 9.95. The highest BCUT2D eigenvalue weighted by atomic mass is 31.2. The Bertz CT molecular complexity index is 386. The van der Waals surface area contributed by atoms with Gasteiger partial charge in [-0.2, -0.15) is 0 Å². The standard InChI is InChI=1S/C25H54N.C2H7O4P/c1-5-8-11-14-17-20-23-26(4,24-21-18-15-12-9-6-2)25-22-19-16-13-10-7-3;1-5-7(3,4)6-2/h5-25H2,1-4H3;1-2H3,(H,3,4)/q+1;/p-1. The van der Waals surface area contributed by atoms with E-state index in [0.29, 0.717) is 0 Å². The number of unbranched alkanes of at least 4 members (excludes halogenated alkanes) is 15. The van der Waals surface area contributed by atoms with Crippen molar-refractivity contribution in [3.63, 3.8) is 0 Å². The Balaban J connectivity index is 0. The quantitative estimate of drug-likeness (QED) is 0.0816. The van der Waals surface area contributed by atoms with E-state index >= 15 is 0 Å². The zero-order valence-electron chi connectivity index (χ0n) is 23.4. The van der Waals surface area contributed by atoms with Crippen LogP contribution in [0, 0.1) is 0 Å².